The van der Waals surface area contributed by atoms with Crippen LogP contribution in [0.5, 0.6) is 0 Å². The Hall–Kier alpha value is -0.140. The highest BCUT2D eigenvalue weighted by Gasteiger charge is 2.60. The molecule has 0 aromatic heterocycles. The number of nitrogens with zero attached hydrogens (tertiary/aromatic N) is 1. The molecule has 2 aliphatic rings. The zero-order chi connectivity index (χ0) is 11.2. The molecule has 86 valence electrons. The van der Waals surface area contributed by atoms with Gasteiger partial charge < -0.3 is 4.74 Å². The summed E-state index contributed by atoms with van der Waals surface area (Å²) in [7, 11) is 6.28. The van der Waals surface area contributed by atoms with Crippen LogP contribution >= 0.6 is 9.39 Å². The van der Waals surface area contributed by atoms with E-state index < -0.39 is 0 Å². The third-order valence-electron chi connectivity index (χ3n) is 4.11. The van der Waals surface area contributed by atoms with Crippen LogP contribution in [0.25, 0.3) is 0 Å². The fourth-order valence-electron chi connectivity index (χ4n) is 2.58. The second-order valence-electron chi connectivity index (χ2n) is 5.17. The monoisotopic (exact) mass is 229 g/mol. The number of esters is 1. The Labute approximate surface area is 93.8 Å². The largest absolute Gasteiger partial charge is 0.469 e. The molecule has 2 aliphatic carbocycles. The van der Waals surface area contributed by atoms with Crippen LogP contribution in [0.1, 0.15) is 26.2 Å². The summed E-state index contributed by atoms with van der Waals surface area (Å²) in [6.07, 6.45) is 3.52. The van der Waals surface area contributed by atoms with Gasteiger partial charge in [0.05, 0.1) is 13.0 Å². The van der Waals surface area contributed by atoms with Crippen LogP contribution in [-0.4, -0.2) is 30.3 Å². The van der Waals surface area contributed by atoms with Crippen molar-refractivity contribution in [3.8, 4) is 0 Å². The minimum absolute atomic E-state index is 0.00178. The van der Waals surface area contributed by atoms with Gasteiger partial charge in [0.1, 0.15) is 0 Å². The first-order valence-corrected chi connectivity index (χ1v) is 6.08. The summed E-state index contributed by atoms with van der Waals surface area (Å²) in [4.78, 5) is 11.7. The van der Waals surface area contributed by atoms with Gasteiger partial charge in [-0.15, -0.1) is 0 Å². The standard InChI is InChI=1S/C11H20NO2P/c1-11(12(2)15)6-8(11)9(7-4-5-7)10(13)14-3/h7-9H,4-6,15H2,1-3H3. The van der Waals surface area contributed by atoms with E-state index in [0.29, 0.717) is 11.8 Å². The van der Waals surface area contributed by atoms with Crippen molar-refractivity contribution in [2.45, 2.75) is 31.7 Å². The molecule has 0 heterocycles. The first kappa shape index (κ1) is 11.3. The molecule has 0 aliphatic heterocycles. The van der Waals surface area contributed by atoms with Crippen molar-refractivity contribution in [1.82, 2.24) is 4.67 Å². The average Bonchev–Trinajstić information content (AvgIpc) is 3.05. The molecule has 4 unspecified atom stereocenters. The van der Waals surface area contributed by atoms with E-state index >= 15 is 0 Å². The Bertz CT molecular complexity index is 278. The minimum atomic E-state index is -0.00178. The summed E-state index contributed by atoms with van der Waals surface area (Å²) in [5, 5.41) is 0. The maximum Gasteiger partial charge on any atom is 0.309 e. The molecule has 0 aromatic carbocycles. The second-order valence-corrected chi connectivity index (χ2v) is 5.94. The Morgan fingerprint density at radius 3 is 2.53 bits per heavy atom. The number of carbonyl (C=O) groups is 1. The molecule has 4 atom stereocenters. The Kier molecular flexibility index (Phi) is 2.81. The highest BCUT2D eigenvalue weighted by molar-refractivity contribution is 7.13. The zero-order valence-corrected chi connectivity index (χ0v) is 10.8. The van der Waals surface area contributed by atoms with Crippen LogP contribution in [0.15, 0.2) is 0 Å². The summed E-state index contributed by atoms with van der Waals surface area (Å²) in [6, 6.07) is 0. The maximum absolute atomic E-state index is 11.7. The first-order chi connectivity index (χ1) is 7.00. The lowest BCUT2D eigenvalue weighted by molar-refractivity contribution is -0.147. The molecule has 0 N–H and O–H groups in total. The van der Waals surface area contributed by atoms with Gasteiger partial charge in [-0.1, -0.05) is 9.39 Å². The molecule has 0 spiro atoms. The van der Waals surface area contributed by atoms with Crippen LogP contribution in [0.3, 0.4) is 0 Å². The summed E-state index contributed by atoms with van der Waals surface area (Å²) in [6.45, 7) is 2.23. The summed E-state index contributed by atoms with van der Waals surface area (Å²) < 4.78 is 7.09. The first-order valence-electron chi connectivity index (χ1n) is 5.57. The molecular formula is C11H20NO2P. The number of rotatable bonds is 4. The molecule has 15 heavy (non-hydrogen) atoms. The van der Waals surface area contributed by atoms with Crippen molar-refractivity contribution in [2.24, 2.45) is 17.8 Å². The van der Waals surface area contributed by atoms with Gasteiger partial charge in [0.15, 0.2) is 0 Å². The summed E-state index contributed by atoms with van der Waals surface area (Å²) in [5.41, 5.74) is 0.187. The third-order valence-corrected chi connectivity index (χ3v) is 4.70. The predicted octanol–water partition coefficient (Wildman–Crippen LogP) is 1.69. The van der Waals surface area contributed by atoms with Gasteiger partial charge in [0, 0.05) is 5.54 Å². The molecule has 2 fully saturated rings. The summed E-state index contributed by atoms with van der Waals surface area (Å²) in [5.74, 6) is 1.22. The van der Waals surface area contributed by atoms with Gasteiger partial charge in [-0.2, -0.15) is 0 Å². The average molecular weight is 229 g/mol. The van der Waals surface area contributed by atoms with E-state index in [1.54, 1.807) is 0 Å². The number of hydrogen-bond acceptors (Lipinski definition) is 3. The number of carbonyl (C=O) groups excluding carboxylic acids is 1. The Balaban J connectivity index is 2.05. The fraction of sp³-hybridized carbons (Fsp3) is 0.909. The maximum atomic E-state index is 11.7. The smallest absolute Gasteiger partial charge is 0.309 e. The Morgan fingerprint density at radius 2 is 2.20 bits per heavy atom. The third kappa shape index (κ3) is 1.92. The minimum Gasteiger partial charge on any atom is -0.469 e. The van der Waals surface area contributed by atoms with Gasteiger partial charge in [-0.25, -0.2) is 0 Å². The normalized spacial score (nSPS) is 36.5. The van der Waals surface area contributed by atoms with Crippen molar-refractivity contribution < 1.29 is 9.53 Å². The van der Waals surface area contributed by atoms with Gasteiger partial charge in [0.2, 0.25) is 0 Å². The van der Waals surface area contributed by atoms with Crippen LogP contribution in [0.4, 0.5) is 0 Å². The molecule has 0 aromatic rings. The van der Waals surface area contributed by atoms with Crippen molar-refractivity contribution >= 4 is 15.4 Å². The molecular weight excluding hydrogens is 209 g/mol. The summed E-state index contributed by atoms with van der Waals surface area (Å²) >= 11 is 0. The van der Waals surface area contributed by atoms with Gasteiger partial charge in [-0.05, 0) is 45.1 Å². The fourth-order valence-corrected chi connectivity index (χ4v) is 2.88. The van der Waals surface area contributed by atoms with E-state index in [4.69, 9.17) is 4.74 Å². The van der Waals surface area contributed by atoms with E-state index in [1.165, 1.54) is 20.0 Å². The molecule has 4 heteroatoms. The van der Waals surface area contributed by atoms with Crippen molar-refractivity contribution in [1.29, 1.82) is 0 Å². The highest BCUT2D eigenvalue weighted by atomic mass is 31.0. The number of ether oxygens (including phenoxy) is 1. The SMILES string of the molecule is COC(=O)C(C1CC1)C1CC1(C)N(C)P. The van der Waals surface area contributed by atoms with E-state index in [0.717, 1.165) is 6.42 Å². The molecule has 0 radical (unpaired) electrons. The number of hydrogen-bond donors (Lipinski definition) is 0. The van der Waals surface area contributed by atoms with Crippen molar-refractivity contribution in [3.05, 3.63) is 0 Å². The second kappa shape index (κ2) is 3.71. The molecule has 2 saturated carbocycles. The highest BCUT2D eigenvalue weighted by Crippen LogP contribution is 2.58. The Morgan fingerprint density at radius 1 is 1.60 bits per heavy atom. The predicted molar refractivity (Wildman–Crippen MR) is 62.2 cm³/mol. The lowest BCUT2D eigenvalue weighted by atomic mass is 9.95. The van der Waals surface area contributed by atoms with E-state index in [9.17, 15) is 4.79 Å². The van der Waals surface area contributed by atoms with Gasteiger partial charge in [-0.3, -0.25) is 9.46 Å². The number of methoxy groups -OCH3 is 1. The van der Waals surface area contributed by atoms with Crippen molar-refractivity contribution in [3.63, 3.8) is 0 Å². The molecule has 3 nitrogen and oxygen atoms in total. The quantitative estimate of drug-likeness (QED) is 0.542. The molecule has 0 saturated heterocycles. The van der Waals surface area contributed by atoms with E-state index in [-0.39, 0.29) is 17.4 Å². The zero-order valence-electron chi connectivity index (χ0n) is 9.69. The van der Waals surface area contributed by atoms with E-state index in [1.807, 2.05) is 0 Å². The van der Waals surface area contributed by atoms with Crippen LogP contribution in [0, 0.1) is 17.8 Å². The van der Waals surface area contributed by atoms with Crippen LogP contribution in [-0.2, 0) is 9.53 Å². The van der Waals surface area contributed by atoms with Gasteiger partial charge in [0.25, 0.3) is 0 Å². The topological polar surface area (TPSA) is 29.5 Å². The lowest BCUT2D eigenvalue weighted by Crippen LogP contribution is -2.30. The molecule has 2 rings (SSSR count). The van der Waals surface area contributed by atoms with Crippen molar-refractivity contribution in [2.75, 3.05) is 14.2 Å². The molecule has 0 bridgehead atoms. The van der Waals surface area contributed by atoms with Crippen LogP contribution in [0.2, 0.25) is 0 Å². The lowest BCUT2D eigenvalue weighted by Gasteiger charge is -2.23. The van der Waals surface area contributed by atoms with Crippen LogP contribution < -0.4 is 0 Å². The van der Waals surface area contributed by atoms with Gasteiger partial charge >= 0.3 is 5.97 Å². The van der Waals surface area contributed by atoms with E-state index in [2.05, 4.69) is 28.0 Å². The molecule has 0 amide bonds.